The molecule has 15 heavy (non-hydrogen) atoms. The molecule has 0 atom stereocenters. The zero-order chi connectivity index (χ0) is 11.0. The Morgan fingerprint density at radius 2 is 2.33 bits per heavy atom. The van der Waals surface area contributed by atoms with Gasteiger partial charge >= 0.3 is 5.97 Å². The summed E-state index contributed by atoms with van der Waals surface area (Å²) >= 11 is 5.88. The van der Waals surface area contributed by atoms with Crippen molar-refractivity contribution in [3.05, 3.63) is 29.0 Å². The minimum Gasteiger partial charge on any atom is -0.465 e. The Bertz CT molecular complexity index is 533. The topological polar surface area (TPSA) is 44.1 Å². The summed E-state index contributed by atoms with van der Waals surface area (Å²) in [4.78, 5) is 15.5. The minimum absolute atomic E-state index is 0.163. The van der Waals surface area contributed by atoms with E-state index in [4.69, 9.17) is 11.6 Å². The van der Waals surface area contributed by atoms with Crippen molar-refractivity contribution in [1.29, 1.82) is 0 Å². The van der Waals surface area contributed by atoms with Crippen LogP contribution in [0.25, 0.3) is 11.0 Å². The zero-order valence-corrected chi connectivity index (χ0v) is 9.08. The molecule has 5 heteroatoms. The zero-order valence-electron chi connectivity index (χ0n) is 8.32. The number of esters is 1. The van der Waals surface area contributed by atoms with E-state index in [1.54, 1.807) is 6.07 Å². The quantitative estimate of drug-likeness (QED) is 0.550. The lowest BCUT2D eigenvalue weighted by Gasteiger charge is -2.02. The number of hydrogen-bond donors (Lipinski definition) is 0. The molecule has 0 unspecified atom stereocenters. The lowest BCUT2D eigenvalue weighted by Crippen LogP contribution is -2.03. The number of aromatic nitrogens is 2. The average molecular weight is 225 g/mol. The monoisotopic (exact) mass is 224 g/mol. The van der Waals surface area contributed by atoms with Gasteiger partial charge in [-0.05, 0) is 12.1 Å². The van der Waals surface area contributed by atoms with Gasteiger partial charge in [-0.15, -0.1) is 0 Å². The smallest absolute Gasteiger partial charge is 0.341 e. The molecule has 78 valence electrons. The van der Waals surface area contributed by atoms with Crippen LogP contribution in [-0.4, -0.2) is 22.6 Å². The van der Waals surface area contributed by atoms with Crippen LogP contribution < -0.4 is 0 Å². The van der Waals surface area contributed by atoms with Crippen molar-refractivity contribution in [3.8, 4) is 0 Å². The third-order valence-electron chi connectivity index (χ3n) is 2.20. The molecular formula is C10H9ClN2O2. The first kappa shape index (κ1) is 9.98. The van der Waals surface area contributed by atoms with E-state index in [-0.39, 0.29) is 10.7 Å². The first-order valence-corrected chi connectivity index (χ1v) is 4.71. The molecule has 0 aliphatic heterocycles. The fourth-order valence-electron chi connectivity index (χ4n) is 1.42. The maximum absolute atomic E-state index is 11.3. The Kier molecular flexibility index (Phi) is 2.36. The lowest BCUT2D eigenvalue weighted by atomic mass is 10.2. The van der Waals surface area contributed by atoms with Gasteiger partial charge in [-0.25, -0.2) is 9.78 Å². The standard InChI is InChI=1S/C10H9ClN2O2/c1-13-4-3-6-5-7(10(14)15-2)8(11)12-9(6)13/h3-5H,1-2H3. The Hall–Kier alpha value is -1.55. The number of pyridine rings is 1. The van der Waals surface area contributed by atoms with Crippen LogP contribution in [0, 0.1) is 0 Å². The van der Waals surface area contributed by atoms with Gasteiger partial charge in [0.2, 0.25) is 0 Å². The summed E-state index contributed by atoms with van der Waals surface area (Å²) in [5.41, 5.74) is 1.03. The summed E-state index contributed by atoms with van der Waals surface area (Å²) in [6.07, 6.45) is 1.86. The maximum atomic E-state index is 11.3. The van der Waals surface area contributed by atoms with Crippen molar-refractivity contribution in [2.75, 3.05) is 7.11 Å². The molecule has 0 saturated carbocycles. The number of ether oxygens (including phenoxy) is 1. The summed E-state index contributed by atoms with van der Waals surface area (Å²) in [5.74, 6) is -0.474. The minimum atomic E-state index is -0.474. The van der Waals surface area contributed by atoms with Crippen molar-refractivity contribution in [1.82, 2.24) is 9.55 Å². The second kappa shape index (κ2) is 3.55. The molecule has 0 saturated heterocycles. The molecular weight excluding hydrogens is 216 g/mol. The number of aryl methyl sites for hydroxylation is 1. The normalized spacial score (nSPS) is 10.6. The van der Waals surface area contributed by atoms with Crippen LogP contribution in [0.15, 0.2) is 18.3 Å². The summed E-state index contributed by atoms with van der Waals surface area (Å²) in [6.45, 7) is 0. The van der Waals surface area contributed by atoms with Crippen molar-refractivity contribution >= 4 is 28.6 Å². The third-order valence-corrected chi connectivity index (χ3v) is 2.49. The van der Waals surface area contributed by atoms with Gasteiger partial charge in [-0.2, -0.15) is 0 Å². The SMILES string of the molecule is COC(=O)c1cc2ccn(C)c2nc1Cl. The maximum Gasteiger partial charge on any atom is 0.341 e. The van der Waals surface area contributed by atoms with E-state index in [9.17, 15) is 4.79 Å². The molecule has 0 N–H and O–H groups in total. The van der Waals surface area contributed by atoms with Crippen LogP contribution in [0.3, 0.4) is 0 Å². The number of fused-ring (bicyclic) bond motifs is 1. The van der Waals surface area contributed by atoms with E-state index in [1.165, 1.54) is 7.11 Å². The lowest BCUT2D eigenvalue weighted by molar-refractivity contribution is 0.0600. The van der Waals surface area contributed by atoms with Crippen molar-refractivity contribution in [2.24, 2.45) is 7.05 Å². The van der Waals surface area contributed by atoms with Gasteiger partial charge in [0.25, 0.3) is 0 Å². The summed E-state index contributed by atoms with van der Waals surface area (Å²) in [6, 6.07) is 3.54. The highest BCUT2D eigenvalue weighted by molar-refractivity contribution is 6.32. The molecule has 4 nitrogen and oxygen atoms in total. The fraction of sp³-hybridized carbons (Fsp3) is 0.200. The molecule has 0 fully saturated rings. The van der Waals surface area contributed by atoms with Crippen LogP contribution in [0.4, 0.5) is 0 Å². The second-order valence-corrected chi connectivity index (χ2v) is 3.52. The Morgan fingerprint density at radius 1 is 1.60 bits per heavy atom. The van der Waals surface area contributed by atoms with Crippen molar-refractivity contribution < 1.29 is 9.53 Å². The van der Waals surface area contributed by atoms with Gasteiger partial charge in [-0.1, -0.05) is 11.6 Å². The summed E-state index contributed by atoms with van der Waals surface area (Å²) in [7, 11) is 3.18. The van der Waals surface area contributed by atoms with Crippen LogP contribution in [0.5, 0.6) is 0 Å². The number of nitrogens with zero attached hydrogens (tertiary/aromatic N) is 2. The molecule has 2 aromatic rings. The van der Waals surface area contributed by atoms with E-state index in [1.807, 2.05) is 23.9 Å². The van der Waals surface area contributed by atoms with Gasteiger partial charge in [0, 0.05) is 18.6 Å². The molecule has 2 rings (SSSR count). The van der Waals surface area contributed by atoms with E-state index in [0.29, 0.717) is 0 Å². The number of carbonyl (C=O) groups is 1. The largest absolute Gasteiger partial charge is 0.465 e. The third kappa shape index (κ3) is 1.57. The van der Waals surface area contributed by atoms with Gasteiger partial charge < -0.3 is 9.30 Å². The molecule has 0 aliphatic rings. The molecule has 0 amide bonds. The highest BCUT2D eigenvalue weighted by Crippen LogP contribution is 2.21. The van der Waals surface area contributed by atoms with Gasteiger partial charge in [0.15, 0.2) is 0 Å². The Balaban J connectivity index is 2.68. The predicted molar refractivity (Wildman–Crippen MR) is 57.1 cm³/mol. The number of hydrogen-bond acceptors (Lipinski definition) is 3. The Labute approximate surface area is 91.4 Å². The van der Waals surface area contributed by atoms with Gasteiger partial charge in [0.05, 0.1) is 12.7 Å². The van der Waals surface area contributed by atoms with Gasteiger partial charge in [-0.3, -0.25) is 0 Å². The average Bonchev–Trinajstić information content (AvgIpc) is 2.58. The van der Waals surface area contributed by atoms with E-state index < -0.39 is 5.97 Å². The van der Waals surface area contributed by atoms with Gasteiger partial charge in [0.1, 0.15) is 10.8 Å². The fourth-order valence-corrected chi connectivity index (χ4v) is 1.63. The summed E-state index contributed by atoms with van der Waals surface area (Å²) < 4.78 is 6.44. The highest BCUT2D eigenvalue weighted by atomic mass is 35.5. The predicted octanol–water partition coefficient (Wildman–Crippen LogP) is 2.01. The molecule has 2 heterocycles. The van der Waals surface area contributed by atoms with Crippen molar-refractivity contribution in [3.63, 3.8) is 0 Å². The van der Waals surface area contributed by atoms with Crippen molar-refractivity contribution in [2.45, 2.75) is 0 Å². The van der Waals surface area contributed by atoms with Crippen LogP contribution in [-0.2, 0) is 11.8 Å². The van der Waals surface area contributed by atoms with E-state index >= 15 is 0 Å². The molecule has 0 radical (unpaired) electrons. The molecule has 0 aliphatic carbocycles. The molecule has 0 bridgehead atoms. The molecule has 2 aromatic heterocycles. The first-order valence-electron chi connectivity index (χ1n) is 4.33. The Morgan fingerprint density at radius 3 is 3.00 bits per heavy atom. The van der Waals surface area contributed by atoms with E-state index in [2.05, 4.69) is 9.72 Å². The highest BCUT2D eigenvalue weighted by Gasteiger charge is 2.14. The number of rotatable bonds is 1. The number of carbonyl (C=O) groups excluding carboxylic acids is 1. The molecule has 0 spiro atoms. The second-order valence-electron chi connectivity index (χ2n) is 3.16. The van der Waals surface area contributed by atoms with E-state index in [0.717, 1.165) is 11.0 Å². The molecule has 0 aromatic carbocycles. The van der Waals surface area contributed by atoms with Crippen LogP contribution in [0.1, 0.15) is 10.4 Å². The van der Waals surface area contributed by atoms with Crippen LogP contribution in [0.2, 0.25) is 5.15 Å². The number of halogens is 1. The number of methoxy groups -OCH3 is 1. The first-order chi connectivity index (χ1) is 7.13. The van der Waals surface area contributed by atoms with Crippen LogP contribution >= 0.6 is 11.6 Å². The summed E-state index contributed by atoms with van der Waals surface area (Å²) in [5, 5.41) is 1.03.